The fraction of sp³-hybridized carbons (Fsp3) is 0.409. The lowest BCUT2D eigenvalue weighted by Gasteiger charge is -2.24. The number of carbonyl (C=O) groups excluding carboxylic acids is 1. The highest BCUT2D eigenvalue weighted by Gasteiger charge is 2.35. The second-order valence-corrected chi connectivity index (χ2v) is 9.01. The number of hydrogen-bond acceptors (Lipinski definition) is 3. The maximum atomic E-state index is 12.4. The minimum atomic E-state index is -0.500. The molecule has 1 aliphatic heterocycles. The quantitative estimate of drug-likeness (QED) is 0.746. The molecular weight excluding hydrogens is 404 g/mol. The number of nitrogens with zero attached hydrogens (tertiary/aromatic N) is 1. The average molecular weight is 431 g/mol. The van der Waals surface area contributed by atoms with E-state index < -0.39 is 5.60 Å². The first kappa shape index (κ1) is 19.9. The number of hydrogen-bond donors (Lipinski definition) is 1. The summed E-state index contributed by atoms with van der Waals surface area (Å²) in [4.78, 5) is 14.7. The summed E-state index contributed by atoms with van der Waals surface area (Å²) < 4.78 is 6.54. The fourth-order valence-electron chi connectivity index (χ4n) is 3.51. The molecular formula is C22H27BrN2O2. The van der Waals surface area contributed by atoms with E-state index in [1.54, 1.807) is 0 Å². The van der Waals surface area contributed by atoms with E-state index in [1.165, 1.54) is 11.1 Å². The third kappa shape index (κ3) is 5.81. The number of halogens is 1. The van der Waals surface area contributed by atoms with Gasteiger partial charge in [0.25, 0.3) is 0 Å². The van der Waals surface area contributed by atoms with E-state index in [4.69, 9.17) is 4.74 Å². The van der Waals surface area contributed by atoms with Gasteiger partial charge >= 0.3 is 6.09 Å². The molecule has 4 nitrogen and oxygen atoms in total. The maximum absolute atomic E-state index is 12.4. The van der Waals surface area contributed by atoms with Crippen LogP contribution in [0.3, 0.4) is 0 Å². The summed E-state index contributed by atoms with van der Waals surface area (Å²) in [6.45, 7) is 8.23. The predicted molar refractivity (Wildman–Crippen MR) is 112 cm³/mol. The van der Waals surface area contributed by atoms with Crippen molar-refractivity contribution in [3.05, 3.63) is 70.2 Å². The molecule has 1 amide bonds. The van der Waals surface area contributed by atoms with Gasteiger partial charge in [0.2, 0.25) is 0 Å². The summed E-state index contributed by atoms with van der Waals surface area (Å²) >= 11 is 3.50. The Morgan fingerprint density at radius 2 is 1.78 bits per heavy atom. The van der Waals surface area contributed by atoms with Crippen LogP contribution in [0, 0.1) is 0 Å². The van der Waals surface area contributed by atoms with Crippen molar-refractivity contribution in [2.45, 2.75) is 44.9 Å². The van der Waals surface area contributed by atoms with Crippen LogP contribution in [0.5, 0.6) is 0 Å². The summed E-state index contributed by atoms with van der Waals surface area (Å²) in [6.07, 6.45) is -0.351. The zero-order chi connectivity index (χ0) is 19.4. The van der Waals surface area contributed by atoms with Crippen LogP contribution in [0.2, 0.25) is 0 Å². The summed E-state index contributed by atoms with van der Waals surface area (Å²) in [5, 5.41) is 3.10. The Kier molecular flexibility index (Phi) is 6.22. The van der Waals surface area contributed by atoms with Gasteiger partial charge in [-0.3, -0.25) is 4.90 Å². The van der Waals surface area contributed by atoms with Gasteiger partial charge < -0.3 is 10.1 Å². The van der Waals surface area contributed by atoms with Crippen molar-refractivity contribution in [3.8, 4) is 0 Å². The molecule has 2 aromatic carbocycles. The Labute approximate surface area is 170 Å². The molecule has 0 bridgehead atoms. The van der Waals surface area contributed by atoms with E-state index >= 15 is 0 Å². The van der Waals surface area contributed by atoms with Crippen molar-refractivity contribution in [3.63, 3.8) is 0 Å². The van der Waals surface area contributed by atoms with Crippen molar-refractivity contribution in [1.82, 2.24) is 10.2 Å². The number of rotatable bonds is 4. The van der Waals surface area contributed by atoms with Gasteiger partial charge in [-0.25, -0.2) is 4.79 Å². The van der Waals surface area contributed by atoms with Gasteiger partial charge in [0.05, 0.1) is 6.04 Å². The summed E-state index contributed by atoms with van der Waals surface area (Å²) in [6, 6.07) is 18.8. The maximum Gasteiger partial charge on any atom is 0.407 e. The molecule has 3 rings (SSSR count). The van der Waals surface area contributed by atoms with Crippen LogP contribution in [0.15, 0.2) is 59.1 Å². The van der Waals surface area contributed by atoms with Gasteiger partial charge in [0, 0.05) is 30.0 Å². The zero-order valence-corrected chi connectivity index (χ0v) is 17.7. The second-order valence-electron chi connectivity index (χ2n) is 8.09. The lowest BCUT2D eigenvalue weighted by molar-refractivity contribution is 0.0502. The van der Waals surface area contributed by atoms with E-state index in [-0.39, 0.29) is 18.1 Å². The largest absolute Gasteiger partial charge is 0.444 e. The van der Waals surface area contributed by atoms with Crippen molar-refractivity contribution in [2.75, 3.05) is 13.1 Å². The topological polar surface area (TPSA) is 41.6 Å². The lowest BCUT2D eigenvalue weighted by atomic mass is 9.94. The molecule has 0 aromatic heterocycles. The van der Waals surface area contributed by atoms with Crippen LogP contribution < -0.4 is 5.32 Å². The smallest absolute Gasteiger partial charge is 0.407 e. The zero-order valence-electron chi connectivity index (χ0n) is 16.1. The molecule has 1 saturated heterocycles. The number of alkyl carbamates (subject to hydrolysis) is 1. The van der Waals surface area contributed by atoms with E-state index in [0.717, 1.165) is 24.1 Å². The Morgan fingerprint density at radius 3 is 2.41 bits per heavy atom. The Hall–Kier alpha value is -1.85. The van der Waals surface area contributed by atoms with E-state index in [0.29, 0.717) is 0 Å². The number of nitrogens with one attached hydrogen (secondary N) is 1. The van der Waals surface area contributed by atoms with Crippen LogP contribution in [-0.4, -0.2) is 35.7 Å². The Morgan fingerprint density at radius 1 is 1.11 bits per heavy atom. The Bertz CT molecular complexity index is 756. The minimum Gasteiger partial charge on any atom is -0.444 e. The normalized spacial score (nSPS) is 20.4. The van der Waals surface area contributed by atoms with Crippen molar-refractivity contribution in [2.24, 2.45) is 0 Å². The highest BCUT2D eigenvalue weighted by molar-refractivity contribution is 9.10. The van der Waals surface area contributed by atoms with Crippen molar-refractivity contribution >= 4 is 22.0 Å². The highest BCUT2D eigenvalue weighted by atomic mass is 79.9. The van der Waals surface area contributed by atoms with Gasteiger partial charge in [0.15, 0.2) is 0 Å². The lowest BCUT2D eigenvalue weighted by Crippen LogP contribution is -2.42. The molecule has 1 fully saturated rings. The number of benzene rings is 2. The summed E-state index contributed by atoms with van der Waals surface area (Å²) in [7, 11) is 0. The first-order chi connectivity index (χ1) is 12.8. The van der Waals surface area contributed by atoms with Crippen LogP contribution >= 0.6 is 15.9 Å². The molecule has 1 heterocycles. The van der Waals surface area contributed by atoms with Gasteiger partial charge in [0.1, 0.15) is 5.60 Å². The monoisotopic (exact) mass is 430 g/mol. The van der Waals surface area contributed by atoms with Crippen LogP contribution in [-0.2, 0) is 11.3 Å². The minimum absolute atomic E-state index is 0.0183. The first-order valence-electron chi connectivity index (χ1n) is 9.31. The van der Waals surface area contributed by atoms with Gasteiger partial charge in [-0.15, -0.1) is 0 Å². The third-order valence-electron chi connectivity index (χ3n) is 4.64. The molecule has 144 valence electrons. The van der Waals surface area contributed by atoms with Crippen LogP contribution in [0.1, 0.15) is 37.8 Å². The Balaban J connectivity index is 1.74. The van der Waals surface area contributed by atoms with Gasteiger partial charge in [-0.2, -0.15) is 0 Å². The van der Waals surface area contributed by atoms with Crippen molar-refractivity contribution < 1.29 is 9.53 Å². The SMILES string of the molecule is CC(C)(C)OC(=O)N[C@@H]1CN(Cc2ccccc2)C[C@@H]1c1ccc(Br)cc1. The van der Waals surface area contributed by atoms with Gasteiger partial charge in [-0.1, -0.05) is 58.4 Å². The molecule has 27 heavy (non-hydrogen) atoms. The third-order valence-corrected chi connectivity index (χ3v) is 5.17. The van der Waals surface area contributed by atoms with E-state index in [2.05, 4.69) is 74.7 Å². The van der Waals surface area contributed by atoms with Crippen LogP contribution in [0.25, 0.3) is 0 Å². The molecule has 0 spiro atoms. The highest BCUT2D eigenvalue weighted by Crippen LogP contribution is 2.30. The molecule has 2 atom stereocenters. The fourth-order valence-corrected chi connectivity index (χ4v) is 3.77. The van der Waals surface area contributed by atoms with Gasteiger partial charge in [-0.05, 0) is 44.0 Å². The molecule has 1 N–H and O–H groups in total. The summed E-state index contributed by atoms with van der Waals surface area (Å²) in [5.74, 6) is 0.231. The second kappa shape index (κ2) is 8.44. The number of likely N-dealkylation sites (tertiary alicyclic amines) is 1. The summed E-state index contributed by atoms with van der Waals surface area (Å²) in [5.41, 5.74) is 2.01. The molecule has 0 unspecified atom stereocenters. The molecule has 0 radical (unpaired) electrons. The van der Waals surface area contributed by atoms with E-state index in [1.807, 2.05) is 26.8 Å². The average Bonchev–Trinajstić information content (AvgIpc) is 2.97. The first-order valence-corrected chi connectivity index (χ1v) is 10.1. The van der Waals surface area contributed by atoms with E-state index in [9.17, 15) is 4.79 Å². The molecule has 0 saturated carbocycles. The van der Waals surface area contributed by atoms with Crippen LogP contribution in [0.4, 0.5) is 4.79 Å². The molecule has 1 aliphatic rings. The standard InChI is InChI=1S/C22H27BrN2O2/c1-22(2,3)27-21(26)24-20-15-25(13-16-7-5-4-6-8-16)14-19(20)17-9-11-18(23)12-10-17/h4-12,19-20H,13-15H2,1-3H3,(H,24,26)/t19-,20-/m1/s1. The molecule has 2 aromatic rings. The molecule has 0 aliphatic carbocycles. The molecule has 5 heteroatoms. The predicted octanol–water partition coefficient (Wildman–Crippen LogP) is 4.94. The number of amides is 1. The van der Waals surface area contributed by atoms with Crippen molar-refractivity contribution in [1.29, 1.82) is 0 Å². The number of ether oxygens (including phenoxy) is 1. The number of carbonyl (C=O) groups is 1.